The minimum Gasteiger partial charge on any atom is -0.243 e. The first kappa shape index (κ1) is 4.82. The Balaban J connectivity index is 2.42. The summed E-state index contributed by atoms with van der Waals surface area (Å²) >= 11 is 0. The van der Waals surface area contributed by atoms with Crippen molar-refractivity contribution in [1.29, 1.82) is 0 Å². The second-order valence-electron chi connectivity index (χ2n) is 2.11. The SMILES string of the molecule is CC1C=CC(F)C1. The van der Waals surface area contributed by atoms with Crippen molar-refractivity contribution >= 4 is 0 Å². The molecule has 0 aromatic heterocycles. The van der Waals surface area contributed by atoms with Crippen molar-refractivity contribution in [2.45, 2.75) is 19.5 Å². The summed E-state index contributed by atoms with van der Waals surface area (Å²) in [5.74, 6) is 0.468. The van der Waals surface area contributed by atoms with Gasteiger partial charge >= 0.3 is 0 Å². The number of allylic oxidation sites excluding steroid dienone is 2. The number of rotatable bonds is 0. The molecule has 0 aromatic carbocycles. The average molecular weight is 100 g/mol. The van der Waals surface area contributed by atoms with Crippen LogP contribution in [0.3, 0.4) is 0 Å². The Hall–Kier alpha value is -0.330. The summed E-state index contributed by atoms with van der Waals surface area (Å²) in [5.41, 5.74) is 0. The van der Waals surface area contributed by atoms with Crippen LogP contribution in [0, 0.1) is 5.92 Å². The Morgan fingerprint density at radius 2 is 2.29 bits per heavy atom. The highest BCUT2D eigenvalue weighted by Gasteiger charge is 2.12. The van der Waals surface area contributed by atoms with Gasteiger partial charge in [-0.15, -0.1) is 0 Å². The average Bonchev–Trinajstić information content (AvgIpc) is 1.87. The van der Waals surface area contributed by atoms with Crippen molar-refractivity contribution in [1.82, 2.24) is 0 Å². The topological polar surface area (TPSA) is 0 Å². The predicted molar refractivity (Wildman–Crippen MR) is 27.8 cm³/mol. The fourth-order valence-electron chi connectivity index (χ4n) is 0.823. The van der Waals surface area contributed by atoms with Crippen LogP contribution in [0.4, 0.5) is 4.39 Å². The van der Waals surface area contributed by atoms with Crippen LogP contribution in [-0.4, -0.2) is 6.17 Å². The van der Waals surface area contributed by atoms with E-state index in [1.165, 1.54) is 0 Å². The monoisotopic (exact) mass is 100 g/mol. The van der Waals surface area contributed by atoms with Crippen LogP contribution in [0.5, 0.6) is 0 Å². The number of alkyl halides is 1. The van der Waals surface area contributed by atoms with Crippen LogP contribution in [0.15, 0.2) is 12.2 Å². The molecule has 0 bridgehead atoms. The molecule has 7 heavy (non-hydrogen) atoms. The molecule has 0 fully saturated rings. The summed E-state index contributed by atoms with van der Waals surface area (Å²) < 4.78 is 12.1. The van der Waals surface area contributed by atoms with E-state index in [4.69, 9.17) is 0 Å². The first-order chi connectivity index (χ1) is 3.29. The highest BCUT2D eigenvalue weighted by Crippen LogP contribution is 2.18. The maximum atomic E-state index is 12.1. The second kappa shape index (κ2) is 1.65. The van der Waals surface area contributed by atoms with E-state index in [-0.39, 0.29) is 0 Å². The highest BCUT2D eigenvalue weighted by atomic mass is 19.1. The molecule has 40 valence electrons. The van der Waals surface area contributed by atoms with Gasteiger partial charge in [0, 0.05) is 0 Å². The molecule has 0 nitrogen and oxygen atoms in total. The lowest BCUT2D eigenvalue weighted by molar-refractivity contribution is 0.373. The minimum absolute atomic E-state index is 0.468. The summed E-state index contributed by atoms with van der Waals surface area (Å²) in [5, 5.41) is 0. The number of hydrogen-bond donors (Lipinski definition) is 0. The molecule has 1 aliphatic rings. The van der Waals surface area contributed by atoms with Gasteiger partial charge in [-0.25, -0.2) is 4.39 Å². The predicted octanol–water partition coefficient (Wildman–Crippen LogP) is 1.92. The minimum atomic E-state index is -0.657. The lowest BCUT2D eigenvalue weighted by atomic mass is 10.2. The molecular weight excluding hydrogens is 91.1 g/mol. The molecule has 0 amide bonds. The Labute approximate surface area is 43.0 Å². The van der Waals surface area contributed by atoms with Crippen molar-refractivity contribution in [2.75, 3.05) is 0 Å². The molecule has 2 unspecified atom stereocenters. The van der Waals surface area contributed by atoms with Crippen molar-refractivity contribution in [3.05, 3.63) is 12.2 Å². The first-order valence-corrected chi connectivity index (χ1v) is 2.61. The Morgan fingerprint density at radius 3 is 2.43 bits per heavy atom. The molecule has 1 heteroatoms. The fraction of sp³-hybridized carbons (Fsp3) is 0.667. The van der Waals surface area contributed by atoms with Crippen molar-refractivity contribution in [2.24, 2.45) is 5.92 Å². The third-order valence-electron chi connectivity index (χ3n) is 1.25. The van der Waals surface area contributed by atoms with E-state index in [1.807, 2.05) is 13.0 Å². The normalized spacial score (nSPS) is 39.7. The van der Waals surface area contributed by atoms with E-state index in [1.54, 1.807) is 6.08 Å². The maximum absolute atomic E-state index is 12.1. The number of hydrogen-bond acceptors (Lipinski definition) is 0. The van der Waals surface area contributed by atoms with Crippen LogP contribution >= 0.6 is 0 Å². The van der Waals surface area contributed by atoms with Gasteiger partial charge < -0.3 is 0 Å². The van der Waals surface area contributed by atoms with Gasteiger partial charge in [0.15, 0.2) is 0 Å². The molecule has 0 aliphatic heterocycles. The summed E-state index contributed by atoms with van der Waals surface area (Å²) in [6.45, 7) is 2.02. The van der Waals surface area contributed by atoms with Crippen molar-refractivity contribution < 1.29 is 4.39 Å². The van der Waals surface area contributed by atoms with Crippen LogP contribution in [0.2, 0.25) is 0 Å². The summed E-state index contributed by atoms with van der Waals surface area (Å²) in [7, 11) is 0. The molecule has 1 rings (SSSR count). The Morgan fingerprint density at radius 1 is 1.57 bits per heavy atom. The van der Waals surface area contributed by atoms with Gasteiger partial charge in [0.25, 0.3) is 0 Å². The molecule has 1 aliphatic carbocycles. The fourth-order valence-corrected chi connectivity index (χ4v) is 0.823. The first-order valence-electron chi connectivity index (χ1n) is 2.61. The zero-order valence-corrected chi connectivity index (χ0v) is 4.39. The molecule has 0 aromatic rings. The van der Waals surface area contributed by atoms with E-state index in [2.05, 4.69) is 0 Å². The van der Waals surface area contributed by atoms with Gasteiger partial charge in [0.05, 0.1) is 0 Å². The van der Waals surface area contributed by atoms with Gasteiger partial charge in [-0.1, -0.05) is 19.1 Å². The zero-order valence-electron chi connectivity index (χ0n) is 4.39. The highest BCUT2D eigenvalue weighted by molar-refractivity contribution is 5.00. The third-order valence-corrected chi connectivity index (χ3v) is 1.25. The quantitative estimate of drug-likeness (QED) is 0.408. The standard InChI is InChI=1S/C6H9F/c1-5-2-3-6(7)4-5/h2-3,5-6H,4H2,1H3. The Bertz CT molecular complexity index is 76.2. The van der Waals surface area contributed by atoms with Crippen LogP contribution in [0.1, 0.15) is 13.3 Å². The molecule has 0 radical (unpaired) electrons. The van der Waals surface area contributed by atoms with E-state index in [9.17, 15) is 4.39 Å². The van der Waals surface area contributed by atoms with Crippen LogP contribution < -0.4 is 0 Å². The van der Waals surface area contributed by atoms with Gasteiger partial charge in [-0.3, -0.25) is 0 Å². The smallest absolute Gasteiger partial charge is 0.119 e. The third kappa shape index (κ3) is 1.02. The van der Waals surface area contributed by atoms with E-state index in [0.29, 0.717) is 12.3 Å². The zero-order chi connectivity index (χ0) is 5.28. The molecule has 0 saturated heterocycles. The van der Waals surface area contributed by atoms with E-state index in [0.717, 1.165) is 0 Å². The van der Waals surface area contributed by atoms with E-state index < -0.39 is 6.17 Å². The van der Waals surface area contributed by atoms with Crippen LogP contribution in [0.25, 0.3) is 0 Å². The van der Waals surface area contributed by atoms with Crippen molar-refractivity contribution in [3.63, 3.8) is 0 Å². The van der Waals surface area contributed by atoms with Gasteiger partial charge in [0.1, 0.15) is 6.17 Å². The maximum Gasteiger partial charge on any atom is 0.119 e. The summed E-state index contributed by atoms with van der Waals surface area (Å²) in [6.07, 6.45) is 3.59. The Kier molecular flexibility index (Phi) is 1.13. The van der Waals surface area contributed by atoms with Crippen molar-refractivity contribution in [3.8, 4) is 0 Å². The summed E-state index contributed by atoms with van der Waals surface area (Å²) in [4.78, 5) is 0. The van der Waals surface area contributed by atoms with Gasteiger partial charge in [-0.05, 0) is 12.3 Å². The molecule has 2 atom stereocenters. The second-order valence-corrected chi connectivity index (χ2v) is 2.11. The van der Waals surface area contributed by atoms with Gasteiger partial charge in [0.2, 0.25) is 0 Å². The lowest BCUT2D eigenvalue weighted by Gasteiger charge is -1.94. The molecule has 0 N–H and O–H groups in total. The molecular formula is C6H9F. The van der Waals surface area contributed by atoms with Crippen LogP contribution in [-0.2, 0) is 0 Å². The number of halogens is 1. The summed E-state index contributed by atoms with van der Waals surface area (Å²) in [6, 6.07) is 0. The molecule has 0 heterocycles. The lowest BCUT2D eigenvalue weighted by Crippen LogP contribution is -1.91. The van der Waals surface area contributed by atoms with E-state index >= 15 is 0 Å². The molecule has 0 spiro atoms. The largest absolute Gasteiger partial charge is 0.243 e. The van der Waals surface area contributed by atoms with Gasteiger partial charge in [-0.2, -0.15) is 0 Å². The molecule has 0 saturated carbocycles.